The van der Waals surface area contributed by atoms with Crippen molar-refractivity contribution >= 4 is 21.6 Å². The lowest BCUT2D eigenvalue weighted by atomic mass is 10.0. The molecule has 2 N–H and O–H groups in total. The van der Waals surface area contributed by atoms with E-state index in [-0.39, 0.29) is 11.9 Å². The first-order valence-corrected chi connectivity index (χ1v) is 7.38. The number of anilines is 1. The van der Waals surface area contributed by atoms with Crippen LogP contribution in [0.2, 0.25) is 0 Å². The Balaban J connectivity index is 2.33. The Hall–Kier alpha value is -1.59. The van der Waals surface area contributed by atoms with E-state index in [4.69, 9.17) is 10.5 Å². The lowest BCUT2D eigenvalue weighted by Crippen LogP contribution is -2.30. The van der Waals surface area contributed by atoms with Crippen molar-refractivity contribution in [1.29, 1.82) is 0 Å². The van der Waals surface area contributed by atoms with Crippen LogP contribution >= 0.6 is 15.9 Å². The Bertz CT molecular complexity index is 604. The zero-order valence-electron chi connectivity index (χ0n) is 12.0. The molecule has 0 radical (unpaired) electrons. The van der Waals surface area contributed by atoms with E-state index < -0.39 is 0 Å². The Morgan fingerprint density at radius 3 is 2.48 bits per heavy atom. The highest BCUT2D eigenvalue weighted by molar-refractivity contribution is 9.10. The van der Waals surface area contributed by atoms with Crippen molar-refractivity contribution in [2.75, 3.05) is 25.6 Å². The second kappa shape index (κ2) is 6.91. The van der Waals surface area contributed by atoms with Crippen LogP contribution in [-0.2, 0) is 0 Å². The molecule has 21 heavy (non-hydrogen) atoms. The zero-order valence-corrected chi connectivity index (χ0v) is 13.6. The molecule has 0 aliphatic heterocycles. The summed E-state index contributed by atoms with van der Waals surface area (Å²) in [5.74, 6) is 0.526. The Morgan fingerprint density at radius 2 is 1.90 bits per heavy atom. The monoisotopic (exact) mass is 352 g/mol. The van der Waals surface area contributed by atoms with Gasteiger partial charge in [-0.2, -0.15) is 0 Å². The number of rotatable bonds is 5. The quantitative estimate of drug-likeness (QED) is 0.890. The molecule has 0 saturated heterocycles. The number of hydrogen-bond donors (Lipinski definition) is 1. The first-order valence-electron chi connectivity index (χ1n) is 6.58. The minimum absolute atomic E-state index is 0.122. The van der Waals surface area contributed by atoms with Gasteiger partial charge in [-0.3, -0.25) is 0 Å². The van der Waals surface area contributed by atoms with Crippen molar-refractivity contribution in [1.82, 2.24) is 0 Å². The molecule has 0 spiro atoms. The second-order valence-electron chi connectivity index (χ2n) is 4.73. The van der Waals surface area contributed by atoms with Gasteiger partial charge in [0.25, 0.3) is 0 Å². The van der Waals surface area contributed by atoms with E-state index in [9.17, 15) is 4.39 Å². The smallest absolute Gasteiger partial charge is 0.123 e. The van der Waals surface area contributed by atoms with Crippen LogP contribution in [0.25, 0.3) is 0 Å². The lowest BCUT2D eigenvalue weighted by Gasteiger charge is -2.30. The average Bonchev–Trinajstić information content (AvgIpc) is 2.51. The molecule has 0 aliphatic carbocycles. The van der Waals surface area contributed by atoms with Gasteiger partial charge in [0.2, 0.25) is 0 Å². The second-order valence-corrected chi connectivity index (χ2v) is 5.58. The Labute approximate surface area is 132 Å². The Kier molecular flexibility index (Phi) is 5.20. The fourth-order valence-electron chi connectivity index (χ4n) is 2.26. The molecule has 5 heteroatoms. The molecule has 2 aromatic rings. The summed E-state index contributed by atoms with van der Waals surface area (Å²) in [6.07, 6.45) is 0. The van der Waals surface area contributed by atoms with Gasteiger partial charge in [0.1, 0.15) is 11.6 Å². The van der Waals surface area contributed by atoms with Crippen LogP contribution in [-0.4, -0.2) is 20.7 Å². The topological polar surface area (TPSA) is 38.5 Å². The first kappa shape index (κ1) is 15.8. The predicted molar refractivity (Wildman–Crippen MR) is 87.3 cm³/mol. The fraction of sp³-hybridized carbons (Fsp3) is 0.250. The first-order chi connectivity index (χ1) is 10.1. The molecule has 0 fully saturated rings. The van der Waals surface area contributed by atoms with Crippen molar-refractivity contribution in [3.63, 3.8) is 0 Å². The summed E-state index contributed by atoms with van der Waals surface area (Å²) in [4.78, 5) is 2.03. The number of likely N-dealkylation sites (N-methyl/N-ethyl adjacent to an activating group) is 1. The van der Waals surface area contributed by atoms with Crippen LogP contribution in [0.5, 0.6) is 5.75 Å². The summed E-state index contributed by atoms with van der Waals surface area (Å²) in [5, 5.41) is 0. The number of nitrogens with zero attached hydrogens (tertiary/aromatic N) is 1. The highest BCUT2D eigenvalue weighted by Crippen LogP contribution is 2.31. The molecule has 0 aliphatic rings. The summed E-state index contributed by atoms with van der Waals surface area (Å²) in [5.41, 5.74) is 7.73. The molecule has 3 nitrogen and oxygen atoms in total. The van der Waals surface area contributed by atoms with E-state index in [2.05, 4.69) is 15.9 Å². The molecule has 1 unspecified atom stereocenters. The molecule has 0 amide bonds. The maximum absolute atomic E-state index is 13.5. The predicted octanol–water partition coefficient (Wildman–Crippen LogP) is 3.73. The summed E-state index contributed by atoms with van der Waals surface area (Å²) < 4.78 is 19.5. The van der Waals surface area contributed by atoms with Crippen LogP contribution < -0.4 is 15.4 Å². The van der Waals surface area contributed by atoms with E-state index in [1.165, 1.54) is 12.1 Å². The summed E-state index contributed by atoms with van der Waals surface area (Å²) in [6, 6.07) is 12.2. The van der Waals surface area contributed by atoms with Crippen molar-refractivity contribution in [2.45, 2.75) is 6.04 Å². The standard InChI is InChI=1S/C16H18BrFN2O/c1-20(12-4-6-13(21-2)7-5-12)16(10-19)14-9-11(18)3-8-15(14)17/h3-9,16H,10,19H2,1-2H3. The van der Waals surface area contributed by atoms with E-state index >= 15 is 0 Å². The molecule has 0 aromatic heterocycles. The fourth-order valence-corrected chi connectivity index (χ4v) is 2.77. The number of ether oxygens (including phenoxy) is 1. The van der Waals surface area contributed by atoms with Crippen molar-refractivity contribution in [3.8, 4) is 5.75 Å². The lowest BCUT2D eigenvalue weighted by molar-refractivity contribution is 0.415. The third-order valence-corrected chi connectivity index (χ3v) is 4.21. The minimum atomic E-state index is -0.269. The molecule has 0 heterocycles. The molecule has 0 saturated carbocycles. The van der Waals surface area contributed by atoms with E-state index in [0.29, 0.717) is 6.54 Å². The maximum atomic E-state index is 13.5. The van der Waals surface area contributed by atoms with Gasteiger partial charge in [0, 0.05) is 23.8 Å². The minimum Gasteiger partial charge on any atom is -0.497 e. The van der Waals surface area contributed by atoms with Gasteiger partial charge in [0.05, 0.1) is 13.2 Å². The molecular weight excluding hydrogens is 335 g/mol. The molecule has 112 valence electrons. The van der Waals surface area contributed by atoms with Crippen LogP contribution in [0, 0.1) is 5.82 Å². The Morgan fingerprint density at radius 1 is 1.24 bits per heavy atom. The van der Waals surface area contributed by atoms with Crippen LogP contribution in [0.1, 0.15) is 11.6 Å². The summed E-state index contributed by atoms with van der Waals surface area (Å²) in [7, 11) is 3.57. The average molecular weight is 353 g/mol. The van der Waals surface area contributed by atoms with Crippen molar-refractivity contribution < 1.29 is 9.13 Å². The number of hydrogen-bond acceptors (Lipinski definition) is 3. The zero-order chi connectivity index (χ0) is 15.4. The van der Waals surface area contributed by atoms with Gasteiger partial charge in [-0.05, 0) is 48.0 Å². The van der Waals surface area contributed by atoms with Gasteiger partial charge in [-0.15, -0.1) is 0 Å². The molecule has 1 atom stereocenters. The summed E-state index contributed by atoms with van der Waals surface area (Å²) in [6.45, 7) is 0.380. The van der Waals surface area contributed by atoms with Crippen molar-refractivity contribution in [2.24, 2.45) is 5.73 Å². The van der Waals surface area contributed by atoms with Crippen molar-refractivity contribution in [3.05, 3.63) is 58.3 Å². The number of methoxy groups -OCH3 is 1. The van der Waals surface area contributed by atoms with Crippen LogP contribution in [0.15, 0.2) is 46.9 Å². The van der Waals surface area contributed by atoms with Crippen LogP contribution in [0.4, 0.5) is 10.1 Å². The van der Waals surface area contributed by atoms with E-state index in [1.807, 2.05) is 36.2 Å². The largest absolute Gasteiger partial charge is 0.497 e. The number of nitrogens with two attached hydrogens (primary N) is 1. The number of benzene rings is 2. The molecular formula is C16H18BrFN2O. The maximum Gasteiger partial charge on any atom is 0.123 e. The SMILES string of the molecule is COc1ccc(N(C)C(CN)c2cc(F)ccc2Br)cc1. The van der Waals surface area contributed by atoms with Gasteiger partial charge in [0.15, 0.2) is 0 Å². The summed E-state index contributed by atoms with van der Waals surface area (Å²) >= 11 is 3.47. The highest BCUT2D eigenvalue weighted by atomic mass is 79.9. The molecule has 0 bridgehead atoms. The third-order valence-electron chi connectivity index (χ3n) is 3.49. The van der Waals surface area contributed by atoms with Gasteiger partial charge >= 0.3 is 0 Å². The van der Waals surface area contributed by atoms with Crippen LogP contribution in [0.3, 0.4) is 0 Å². The highest BCUT2D eigenvalue weighted by Gasteiger charge is 2.19. The molecule has 2 aromatic carbocycles. The van der Waals surface area contributed by atoms with Gasteiger partial charge in [-0.25, -0.2) is 4.39 Å². The normalized spacial score (nSPS) is 12.0. The van der Waals surface area contributed by atoms with Gasteiger partial charge < -0.3 is 15.4 Å². The van der Waals surface area contributed by atoms with Gasteiger partial charge in [-0.1, -0.05) is 15.9 Å². The third kappa shape index (κ3) is 3.54. The number of halogens is 2. The molecule has 2 rings (SSSR count). The van der Waals surface area contributed by atoms with E-state index in [1.54, 1.807) is 13.2 Å². The van der Waals surface area contributed by atoms with E-state index in [0.717, 1.165) is 21.5 Å².